The smallest absolute Gasteiger partial charge is 0.115 e. The van der Waals surface area contributed by atoms with Gasteiger partial charge in [-0.15, -0.1) is 5.11 Å². The molecule has 5 nitrogen and oxygen atoms in total. The fourth-order valence-electron chi connectivity index (χ4n) is 1.41. The second-order valence-corrected chi connectivity index (χ2v) is 3.67. The molecule has 0 aliphatic heterocycles. The Labute approximate surface area is 109 Å². The fourth-order valence-corrected chi connectivity index (χ4v) is 1.41. The van der Waals surface area contributed by atoms with E-state index >= 15 is 0 Å². The molecule has 0 saturated heterocycles. The molecule has 0 fully saturated rings. The van der Waals surface area contributed by atoms with Crippen molar-refractivity contribution >= 4 is 11.4 Å². The average molecular weight is 248 g/mol. The molecule has 0 aliphatic rings. The molecule has 0 aromatic heterocycles. The number of nitriles is 2. The predicted molar refractivity (Wildman–Crippen MR) is 68.2 cm³/mol. The van der Waals surface area contributed by atoms with Crippen LogP contribution in [0.4, 0.5) is 11.4 Å². The van der Waals surface area contributed by atoms with E-state index < -0.39 is 0 Å². The second kappa shape index (κ2) is 5.44. The molecule has 0 aliphatic carbocycles. The van der Waals surface area contributed by atoms with E-state index in [9.17, 15) is 0 Å². The first-order chi connectivity index (χ1) is 9.22. The Hall–Kier alpha value is -3.18. The second-order valence-electron chi connectivity index (χ2n) is 3.67. The van der Waals surface area contributed by atoms with Crippen LogP contribution in [0.3, 0.4) is 0 Å². The number of rotatable bonds is 2. The van der Waals surface area contributed by atoms with Crippen LogP contribution in [0.5, 0.6) is 5.75 Å². The maximum atomic E-state index is 9.14. The Morgan fingerprint density at radius 1 is 0.895 bits per heavy atom. The van der Waals surface area contributed by atoms with Crippen molar-refractivity contribution in [3.8, 4) is 17.9 Å². The third kappa shape index (κ3) is 2.93. The van der Waals surface area contributed by atoms with Crippen LogP contribution in [0.2, 0.25) is 0 Å². The maximum Gasteiger partial charge on any atom is 0.115 e. The van der Waals surface area contributed by atoms with Crippen molar-refractivity contribution in [1.29, 1.82) is 10.5 Å². The topological polar surface area (TPSA) is 92.5 Å². The van der Waals surface area contributed by atoms with Crippen LogP contribution >= 0.6 is 0 Å². The molecule has 0 amide bonds. The molecule has 0 heterocycles. The van der Waals surface area contributed by atoms with E-state index in [-0.39, 0.29) is 5.75 Å². The van der Waals surface area contributed by atoms with Crippen LogP contribution in [0.1, 0.15) is 11.1 Å². The highest BCUT2D eigenvalue weighted by Crippen LogP contribution is 2.23. The summed E-state index contributed by atoms with van der Waals surface area (Å²) in [6, 6.07) is 14.7. The molecular weight excluding hydrogens is 240 g/mol. The normalized spacial score (nSPS) is 10.0. The molecule has 90 valence electrons. The van der Waals surface area contributed by atoms with Crippen molar-refractivity contribution in [2.75, 3.05) is 0 Å². The van der Waals surface area contributed by atoms with Crippen LogP contribution in [-0.2, 0) is 0 Å². The van der Waals surface area contributed by atoms with E-state index in [2.05, 4.69) is 10.2 Å². The van der Waals surface area contributed by atoms with E-state index in [0.717, 1.165) is 0 Å². The lowest BCUT2D eigenvalue weighted by Crippen LogP contribution is -1.79. The maximum absolute atomic E-state index is 9.14. The lowest BCUT2D eigenvalue weighted by Gasteiger charge is -1.97. The monoisotopic (exact) mass is 248 g/mol. The third-order valence-electron chi connectivity index (χ3n) is 2.37. The average Bonchev–Trinajstić information content (AvgIpc) is 2.46. The first-order valence-corrected chi connectivity index (χ1v) is 5.38. The molecule has 1 N–H and O–H groups in total. The fraction of sp³-hybridized carbons (Fsp3) is 0. The number of phenolic OH excluding ortho intramolecular Hbond substituents is 1. The van der Waals surface area contributed by atoms with Gasteiger partial charge < -0.3 is 5.11 Å². The number of phenols is 1. The van der Waals surface area contributed by atoms with E-state index in [1.165, 1.54) is 18.2 Å². The number of benzene rings is 2. The summed E-state index contributed by atoms with van der Waals surface area (Å²) in [5.74, 6) is 0.148. The van der Waals surface area contributed by atoms with Crippen LogP contribution in [0, 0.1) is 22.7 Å². The zero-order valence-corrected chi connectivity index (χ0v) is 9.78. The molecular formula is C14H8N4O. The number of aromatic hydroxyl groups is 1. The van der Waals surface area contributed by atoms with Crippen LogP contribution in [0.25, 0.3) is 0 Å². The lowest BCUT2D eigenvalue weighted by atomic mass is 10.1. The zero-order valence-electron chi connectivity index (χ0n) is 9.78. The highest BCUT2D eigenvalue weighted by Gasteiger charge is 2.02. The van der Waals surface area contributed by atoms with Gasteiger partial charge >= 0.3 is 0 Å². The van der Waals surface area contributed by atoms with E-state index in [1.54, 1.807) is 24.3 Å². The Kier molecular flexibility index (Phi) is 3.51. The summed E-state index contributed by atoms with van der Waals surface area (Å²) in [5.41, 5.74) is 1.65. The van der Waals surface area contributed by atoms with Crippen molar-refractivity contribution in [2.45, 2.75) is 0 Å². The molecule has 19 heavy (non-hydrogen) atoms. The van der Waals surface area contributed by atoms with Gasteiger partial charge in [0.15, 0.2) is 0 Å². The minimum Gasteiger partial charge on any atom is -0.508 e. The van der Waals surface area contributed by atoms with E-state index in [0.29, 0.717) is 22.5 Å². The lowest BCUT2D eigenvalue weighted by molar-refractivity contribution is 0.475. The van der Waals surface area contributed by atoms with Crippen LogP contribution in [0.15, 0.2) is 52.7 Å². The van der Waals surface area contributed by atoms with Crippen molar-refractivity contribution in [3.63, 3.8) is 0 Å². The first kappa shape index (κ1) is 12.3. The van der Waals surface area contributed by atoms with Crippen LogP contribution < -0.4 is 0 Å². The van der Waals surface area contributed by atoms with Gasteiger partial charge in [-0.25, -0.2) is 0 Å². The van der Waals surface area contributed by atoms with Crippen molar-refractivity contribution in [3.05, 3.63) is 53.6 Å². The largest absolute Gasteiger partial charge is 0.508 e. The molecule has 2 rings (SSSR count). The molecule has 2 aromatic carbocycles. The molecule has 2 aromatic rings. The van der Waals surface area contributed by atoms with Gasteiger partial charge in [0.1, 0.15) is 17.5 Å². The van der Waals surface area contributed by atoms with Gasteiger partial charge in [0.25, 0.3) is 0 Å². The SMILES string of the molecule is N#Cc1ccc(/N=N/c2ccc(O)cc2)c(C#N)c1. The highest BCUT2D eigenvalue weighted by molar-refractivity contribution is 5.56. The van der Waals surface area contributed by atoms with Gasteiger partial charge in [0.2, 0.25) is 0 Å². The summed E-state index contributed by atoms with van der Waals surface area (Å²) >= 11 is 0. The standard InChI is InChI=1S/C14H8N4O/c15-8-10-1-6-14(11(7-10)9-16)18-17-12-2-4-13(19)5-3-12/h1-7,19H/b18-17+. The summed E-state index contributed by atoms with van der Waals surface area (Å²) in [4.78, 5) is 0. The number of nitrogens with zero attached hydrogens (tertiary/aromatic N) is 4. The molecule has 0 radical (unpaired) electrons. The molecule has 0 atom stereocenters. The Morgan fingerprint density at radius 2 is 1.63 bits per heavy atom. The summed E-state index contributed by atoms with van der Waals surface area (Å²) in [7, 11) is 0. The third-order valence-corrected chi connectivity index (χ3v) is 2.37. The van der Waals surface area contributed by atoms with Gasteiger partial charge in [-0.3, -0.25) is 0 Å². The van der Waals surface area contributed by atoms with Crippen LogP contribution in [-0.4, -0.2) is 5.11 Å². The van der Waals surface area contributed by atoms with E-state index in [1.807, 2.05) is 12.1 Å². The summed E-state index contributed by atoms with van der Waals surface area (Å²) in [6.45, 7) is 0. The molecule has 5 heteroatoms. The summed E-state index contributed by atoms with van der Waals surface area (Å²) < 4.78 is 0. The number of hydrogen-bond donors (Lipinski definition) is 1. The number of azo groups is 1. The van der Waals surface area contributed by atoms with Crippen molar-refractivity contribution in [2.24, 2.45) is 10.2 Å². The van der Waals surface area contributed by atoms with E-state index in [4.69, 9.17) is 15.6 Å². The van der Waals surface area contributed by atoms with Gasteiger partial charge in [0.05, 0.1) is 22.9 Å². The quantitative estimate of drug-likeness (QED) is 0.823. The molecule has 0 saturated carbocycles. The molecule has 0 spiro atoms. The Morgan fingerprint density at radius 3 is 2.26 bits per heavy atom. The first-order valence-electron chi connectivity index (χ1n) is 5.38. The molecule has 0 unspecified atom stereocenters. The minimum absolute atomic E-state index is 0.148. The summed E-state index contributed by atoms with van der Waals surface area (Å²) in [6.07, 6.45) is 0. The predicted octanol–water partition coefficient (Wildman–Crippen LogP) is 3.55. The van der Waals surface area contributed by atoms with Crippen molar-refractivity contribution < 1.29 is 5.11 Å². The zero-order chi connectivity index (χ0) is 13.7. The highest BCUT2D eigenvalue weighted by atomic mass is 16.3. The number of hydrogen-bond acceptors (Lipinski definition) is 5. The van der Waals surface area contributed by atoms with Gasteiger partial charge in [-0.05, 0) is 42.5 Å². The summed E-state index contributed by atoms with van der Waals surface area (Å²) in [5, 5.41) is 34.8. The van der Waals surface area contributed by atoms with Gasteiger partial charge in [-0.1, -0.05) is 0 Å². The Bertz CT molecular complexity index is 706. The van der Waals surface area contributed by atoms with Gasteiger partial charge in [-0.2, -0.15) is 15.6 Å². The minimum atomic E-state index is 0.148. The molecule has 0 bridgehead atoms. The van der Waals surface area contributed by atoms with Gasteiger partial charge in [0, 0.05) is 0 Å². The Balaban J connectivity index is 2.31. The van der Waals surface area contributed by atoms with Crippen molar-refractivity contribution in [1.82, 2.24) is 0 Å².